The van der Waals surface area contributed by atoms with Gasteiger partial charge in [0, 0.05) is 18.2 Å². The van der Waals surface area contributed by atoms with E-state index < -0.39 is 0 Å². The molecular formula is C22H29IN4O2. The Balaban J connectivity index is 0.00000240. The van der Waals surface area contributed by atoms with Crippen LogP contribution in [-0.2, 0) is 0 Å². The van der Waals surface area contributed by atoms with Crippen molar-refractivity contribution in [3.63, 3.8) is 0 Å². The van der Waals surface area contributed by atoms with Gasteiger partial charge >= 0.3 is 0 Å². The molecule has 0 saturated carbocycles. The molecule has 7 heteroatoms. The third-order valence-corrected chi connectivity index (χ3v) is 5.22. The van der Waals surface area contributed by atoms with Gasteiger partial charge in [-0.05, 0) is 43.6 Å². The van der Waals surface area contributed by atoms with Crippen LogP contribution < -0.4 is 20.5 Å². The molecule has 3 N–H and O–H groups in total. The number of benzene rings is 2. The highest BCUT2D eigenvalue weighted by Gasteiger charge is 2.23. The zero-order valence-corrected chi connectivity index (χ0v) is 18.9. The number of nitrogens with zero attached hydrogens (tertiary/aromatic N) is 2. The van der Waals surface area contributed by atoms with Crippen LogP contribution in [0.25, 0.3) is 0 Å². The number of hydrogen-bond acceptors (Lipinski definition) is 4. The SMILES string of the molecule is I.NC(=NCC(c1ccccc1)N1CCCC1)Nc1ccc2c(c1)OCCCO2. The van der Waals surface area contributed by atoms with Gasteiger partial charge in [0.25, 0.3) is 0 Å². The van der Waals surface area contributed by atoms with Gasteiger partial charge in [-0.25, -0.2) is 0 Å². The normalized spacial score (nSPS) is 17.9. The molecule has 0 aliphatic carbocycles. The standard InChI is InChI=1S/C22H28N4O2.HI/c23-22(25-18-9-10-20-21(15-18)28-14-6-13-27-20)24-16-19(26-11-4-5-12-26)17-7-2-1-3-8-17;/h1-3,7-10,15,19H,4-6,11-14,16H2,(H3,23,24,25);1H. The van der Waals surface area contributed by atoms with E-state index in [1.165, 1.54) is 18.4 Å². The molecule has 0 amide bonds. The molecule has 0 bridgehead atoms. The fourth-order valence-electron chi connectivity index (χ4n) is 3.77. The summed E-state index contributed by atoms with van der Waals surface area (Å²) < 4.78 is 11.4. The topological polar surface area (TPSA) is 72.1 Å². The van der Waals surface area contributed by atoms with Crippen molar-refractivity contribution in [2.24, 2.45) is 10.7 Å². The van der Waals surface area contributed by atoms with E-state index in [9.17, 15) is 0 Å². The van der Waals surface area contributed by atoms with E-state index in [1.807, 2.05) is 24.3 Å². The smallest absolute Gasteiger partial charge is 0.193 e. The third-order valence-electron chi connectivity index (χ3n) is 5.22. The first-order valence-electron chi connectivity index (χ1n) is 10.1. The van der Waals surface area contributed by atoms with Crippen LogP contribution in [0.3, 0.4) is 0 Å². The van der Waals surface area contributed by atoms with Crippen molar-refractivity contribution in [1.29, 1.82) is 0 Å². The first-order valence-corrected chi connectivity index (χ1v) is 10.1. The molecule has 2 aromatic carbocycles. The minimum atomic E-state index is 0. The van der Waals surface area contributed by atoms with E-state index in [0.717, 1.165) is 36.7 Å². The predicted molar refractivity (Wildman–Crippen MR) is 128 cm³/mol. The molecule has 0 radical (unpaired) electrons. The summed E-state index contributed by atoms with van der Waals surface area (Å²) in [5.74, 6) is 1.93. The largest absolute Gasteiger partial charge is 0.490 e. The second-order valence-corrected chi connectivity index (χ2v) is 7.23. The Bertz CT molecular complexity index is 810. The minimum Gasteiger partial charge on any atom is -0.490 e. The number of nitrogens with two attached hydrogens (primary N) is 1. The van der Waals surface area contributed by atoms with Crippen LogP contribution in [0, 0.1) is 0 Å². The number of guanidine groups is 1. The minimum absolute atomic E-state index is 0. The van der Waals surface area contributed by atoms with Crippen LogP contribution in [-0.4, -0.2) is 43.7 Å². The van der Waals surface area contributed by atoms with Gasteiger partial charge in [0.2, 0.25) is 0 Å². The molecule has 156 valence electrons. The summed E-state index contributed by atoms with van der Waals surface area (Å²) in [7, 11) is 0. The molecule has 2 aromatic rings. The quantitative estimate of drug-likeness (QED) is 0.363. The summed E-state index contributed by atoms with van der Waals surface area (Å²) in [5.41, 5.74) is 8.32. The first-order chi connectivity index (χ1) is 13.8. The number of fused-ring (bicyclic) bond motifs is 1. The van der Waals surface area contributed by atoms with E-state index in [0.29, 0.717) is 25.7 Å². The summed E-state index contributed by atoms with van der Waals surface area (Å²) in [5, 5.41) is 3.18. The molecule has 1 unspecified atom stereocenters. The summed E-state index contributed by atoms with van der Waals surface area (Å²) >= 11 is 0. The Hall–Kier alpha value is -2.00. The number of nitrogens with one attached hydrogen (secondary N) is 1. The summed E-state index contributed by atoms with van der Waals surface area (Å²) in [6.45, 7) is 4.21. The van der Waals surface area contributed by atoms with E-state index in [4.69, 9.17) is 15.2 Å². The summed E-state index contributed by atoms with van der Waals surface area (Å²) in [4.78, 5) is 7.14. The van der Waals surface area contributed by atoms with Crippen molar-refractivity contribution in [2.75, 3.05) is 38.2 Å². The molecule has 6 nitrogen and oxygen atoms in total. The Kier molecular flexibility index (Phi) is 8.00. The fraction of sp³-hybridized carbons (Fsp3) is 0.409. The van der Waals surface area contributed by atoms with Crippen LogP contribution >= 0.6 is 24.0 Å². The highest BCUT2D eigenvalue weighted by Crippen LogP contribution is 2.32. The van der Waals surface area contributed by atoms with E-state index in [1.54, 1.807) is 0 Å². The molecule has 29 heavy (non-hydrogen) atoms. The Morgan fingerprint density at radius 3 is 2.48 bits per heavy atom. The molecule has 1 saturated heterocycles. The third kappa shape index (κ3) is 5.76. The average Bonchev–Trinajstić information content (AvgIpc) is 3.14. The number of rotatable bonds is 5. The summed E-state index contributed by atoms with van der Waals surface area (Å²) in [6.07, 6.45) is 3.38. The van der Waals surface area contributed by atoms with Gasteiger partial charge < -0.3 is 20.5 Å². The molecule has 4 rings (SSSR count). The van der Waals surface area contributed by atoms with E-state index in [-0.39, 0.29) is 30.0 Å². The Morgan fingerprint density at radius 2 is 1.72 bits per heavy atom. The van der Waals surface area contributed by atoms with Crippen LogP contribution in [0.15, 0.2) is 53.5 Å². The second kappa shape index (κ2) is 10.7. The lowest BCUT2D eigenvalue weighted by Gasteiger charge is -2.26. The van der Waals surface area contributed by atoms with Gasteiger partial charge in [-0.3, -0.25) is 9.89 Å². The zero-order valence-electron chi connectivity index (χ0n) is 16.5. The van der Waals surface area contributed by atoms with Gasteiger partial charge in [0.1, 0.15) is 0 Å². The number of anilines is 1. The Labute approximate surface area is 189 Å². The van der Waals surface area contributed by atoms with Gasteiger partial charge in [0.05, 0.1) is 25.8 Å². The van der Waals surface area contributed by atoms with Crippen molar-refractivity contribution in [1.82, 2.24) is 4.90 Å². The van der Waals surface area contributed by atoms with Crippen LogP contribution in [0.2, 0.25) is 0 Å². The monoisotopic (exact) mass is 508 g/mol. The molecular weight excluding hydrogens is 479 g/mol. The fourth-order valence-corrected chi connectivity index (χ4v) is 3.77. The predicted octanol–water partition coefficient (Wildman–Crippen LogP) is 4.03. The highest BCUT2D eigenvalue weighted by molar-refractivity contribution is 14.0. The lowest BCUT2D eigenvalue weighted by Crippen LogP contribution is -2.30. The first kappa shape index (κ1) is 21.7. The molecule has 1 atom stereocenters. The second-order valence-electron chi connectivity index (χ2n) is 7.23. The Morgan fingerprint density at radius 1 is 1.00 bits per heavy atom. The molecule has 2 aliphatic rings. The number of hydrogen-bond donors (Lipinski definition) is 2. The van der Waals surface area contributed by atoms with E-state index >= 15 is 0 Å². The number of aliphatic imine (C=N–C) groups is 1. The maximum Gasteiger partial charge on any atom is 0.193 e. The number of halogens is 1. The van der Waals surface area contributed by atoms with Crippen LogP contribution in [0.5, 0.6) is 11.5 Å². The zero-order chi connectivity index (χ0) is 19.2. The number of ether oxygens (including phenoxy) is 2. The van der Waals surface area contributed by atoms with Gasteiger partial charge in [-0.1, -0.05) is 30.3 Å². The van der Waals surface area contributed by atoms with Crippen molar-refractivity contribution in [3.05, 3.63) is 54.1 Å². The molecule has 2 aliphatic heterocycles. The maximum absolute atomic E-state index is 6.19. The van der Waals surface area contributed by atoms with Gasteiger partial charge in [0.15, 0.2) is 17.5 Å². The lowest BCUT2D eigenvalue weighted by molar-refractivity contribution is 0.252. The van der Waals surface area contributed by atoms with Crippen molar-refractivity contribution in [3.8, 4) is 11.5 Å². The summed E-state index contributed by atoms with van der Waals surface area (Å²) in [6, 6.07) is 16.6. The van der Waals surface area contributed by atoms with Crippen LogP contribution in [0.4, 0.5) is 5.69 Å². The number of likely N-dealkylation sites (tertiary alicyclic amines) is 1. The van der Waals surface area contributed by atoms with Crippen LogP contribution in [0.1, 0.15) is 30.9 Å². The van der Waals surface area contributed by atoms with Crippen molar-refractivity contribution < 1.29 is 9.47 Å². The van der Waals surface area contributed by atoms with Crippen molar-refractivity contribution in [2.45, 2.75) is 25.3 Å². The lowest BCUT2D eigenvalue weighted by atomic mass is 10.1. The van der Waals surface area contributed by atoms with Gasteiger partial charge in [-0.2, -0.15) is 0 Å². The van der Waals surface area contributed by atoms with Gasteiger partial charge in [-0.15, -0.1) is 24.0 Å². The van der Waals surface area contributed by atoms with Crippen molar-refractivity contribution >= 4 is 35.6 Å². The average molecular weight is 508 g/mol. The molecule has 2 heterocycles. The molecule has 0 aromatic heterocycles. The highest BCUT2D eigenvalue weighted by atomic mass is 127. The molecule has 0 spiro atoms. The van der Waals surface area contributed by atoms with E-state index in [2.05, 4.69) is 39.5 Å². The molecule has 1 fully saturated rings. The maximum atomic E-state index is 6.19.